The monoisotopic (exact) mass is 409 g/mol. The van der Waals surface area contributed by atoms with Gasteiger partial charge in [-0.2, -0.15) is 17.0 Å². The minimum absolute atomic E-state index is 0.0331. The summed E-state index contributed by atoms with van der Waals surface area (Å²) in [6.07, 6.45) is 1.08. The third-order valence-electron chi connectivity index (χ3n) is 5.62. The van der Waals surface area contributed by atoms with Crippen molar-refractivity contribution in [3.63, 3.8) is 0 Å². The predicted molar refractivity (Wildman–Crippen MR) is 112 cm³/mol. The molecule has 0 atom stereocenters. The van der Waals surface area contributed by atoms with Gasteiger partial charge in [0.25, 0.3) is 10.2 Å². The van der Waals surface area contributed by atoms with Gasteiger partial charge < -0.3 is 15.1 Å². The number of rotatable bonds is 5. The first-order valence-corrected chi connectivity index (χ1v) is 11.2. The van der Waals surface area contributed by atoms with Crippen LogP contribution in [0.15, 0.2) is 24.3 Å². The molecule has 0 saturated carbocycles. The van der Waals surface area contributed by atoms with E-state index < -0.39 is 10.2 Å². The van der Waals surface area contributed by atoms with Crippen molar-refractivity contribution in [1.29, 1.82) is 0 Å². The first-order chi connectivity index (χ1) is 13.3. The standard InChI is InChI=1S/C19H31N5O3S/c1-21(2)28(26,27)24-10-8-16(9-11-24)19(25)20-17-4-6-18(7-5-17)23-14-12-22(3)13-15-23/h4-7,16H,8-15H2,1-3H3,(H,20,25). The van der Waals surface area contributed by atoms with Gasteiger partial charge in [-0.05, 0) is 44.2 Å². The smallest absolute Gasteiger partial charge is 0.281 e. The molecule has 28 heavy (non-hydrogen) atoms. The number of nitrogens with one attached hydrogen (secondary N) is 1. The fourth-order valence-electron chi connectivity index (χ4n) is 3.64. The minimum Gasteiger partial charge on any atom is -0.369 e. The van der Waals surface area contributed by atoms with E-state index >= 15 is 0 Å². The average molecular weight is 410 g/mol. The lowest BCUT2D eigenvalue weighted by Gasteiger charge is -2.34. The molecule has 2 heterocycles. The molecule has 3 rings (SSSR count). The van der Waals surface area contributed by atoms with E-state index in [0.717, 1.165) is 31.9 Å². The van der Waals surface area contributed by atoms with Crippen molar-refractivity contribution >= 4 is 27.5 Å². The Hall–Kier alpha value is -1.68. The molecule has 2 fully saturated rings. The number of carbonyl (C=O) groups is 1. The molecule has 2 saturated heterocycles. The van der Waals surface area contributed by atoms with Crippen LogP contribution in [0, 0.1) is 5.92 Å². The van der Waals surface area contributed by atoms with Crippen LogP contribution in [-0.2, 0) is 15.0 Å². The molecule has 0 unspecified atom stereocenters. The Morgan fingerprint density at radius 1 is 1.00 bits per heavy atom. The van der Waals surface area contributed by atoms with Crippen LogP contribution in [0.25, 0.3) is 0 Å². The first kappa shape index (κ1) is 21.0. The maximum Gasteiger partial charge on any atom is 0.281 e. The van der Waals surface area contributed by atoms with Crippen molar-refractivity contribution in [2.75, 3.05) is 70.6 Å². The minimum atomic E-state index is -3.40. The number of anilines is 2. The van der Waals surface area contributed by atoms with Crippen LogP contribution < -0.4 is 10.2 Å². The molecule has 156 valence electrons. The van der Waals surface area contributed by atoms with Crippen LogP contribution in [0.2, 0.25) is 0 Å². The summed E-state index contributed by atoms with van der Waals surface area (Å²) < 4.78 is 27.0. The van der Waals surface area contributed by atoms with Gasteiger partial charge >= 0.3 is 0 Å². The number of hydrogen-bond acceptors (Lipinski definition) is 5. The van der Waals surface area contributed by atoms with Crippen LogP contribution in [-0.4, -0.2) is 88.2 Å². The highest BCUT2D eigenvalue weighted by molar-refractivity contribution is 7.86. The number of carbonyl (C=O) groups excluding carboxylic acids is 1. The molecule has 0 aromatic heterocycles. The summed E-state index contributed by atoms with van der Waals surface area (Å²) in [5.74, 6) is -0.194. The molecule has 0 radical (unpaired) electrons. The fraction of sp³-hybridized carbons (Fsp3) is 0.632. The Balaban J connectivity index is 1.51. The number of likely N-dealkylation sites (N-methyl/N-ethyl adjacent to an activating group) is 1. The summed E-state index contributed by atoms with van der Waals surface area (Å²) in [4.78, 5) is 17.2. The summed E-state index contributed by atoms with van der Waals surface area (Å²) in [6.45, 7) is 4.89. The third-order valence-corrected chi connectivity index (χ3v) is 7.56. The van der Waals surface area contributed by atoms with E-state index in [1.807, 2.05) is 24.3 Å². The van der Waals surface area contributed by atoms with E-state index in [1.165, 1.54) is 28.4 Å². The van der Waals surface area contributed by atoms with E-state index in [4.69, 9.17) is 0 Å². The highest BCUT2D eigenvalue weighted by Gasteiger charge is 2.32. The molecular weight excluding hydrogens is 378 g/mol. The zero-order chi connectivity index (χ0) is 20.3. The van der Waals surface area contributed by atoms with Gasteiger partial charge in [0.15, 0.2) is 0 Å². The van der Waals surface area contributed by atoms with Gasteiger partial charge in [-0.25, -0.2) is 0 Å². The molecule has 0 aliphatic carbocycles. The Bertz CT molecular complexity index is 765. The summed E-state index contributed by atoms with van der Waals surface area (Å²) >= 11 is 0. The Labute approximate surface area is 168 Å². The second kappa shape index (κ2) is 8.77. The van der Waals surface area contributed by atoms with E-state index in [-0.39, 0.29) is 11.8 Å². The Morgan fingerprint density at radius 2 is 1.57 bits per heavy atom. The zero-order valence-corrected chi connectivity index (χ0v) is 17.8. The maximum absolute atomic E-state index is 12.6. The highest BCUT2D eigenvalue weighted by atomic mass is 32.2. The lowest BCUT2D eigenvalue weighted by Crippen LogP contribution is -2.46. The highest BCUT2D eigenvalue weighted by Crippen LogP contribution is 2.24. The SMILES string of the molecule is CN1CCN(c2ccc(NC(=O)C3CCN(S(=O)(=O)N(C)C)CC3)cc2)CC1. The topological polar surface area (TPSA) is 76.2 Å². The molecule has 2 aliphatic heterocycles. The second-order valence-corrected chi connectivity index (χ2v) is 9.93. The van der Waals surface area contributed by atoms with E-state index in [0.29, 0.717) is 25.9 Å². The third kappa shape index (κ3) is 4.83. The van der Waals surface area contributed by atoms with Crippen molar-refractivity contribution in [1.82, 2.24) is 13.5 Å². The van der Waals surface area contributed by atoms with Crippen LogP contribution in [0.3, 0.4) is 0 Å². The van der Waals surface area contributed by atoms with Gasteiger partial charge in [0, 0.05) is 70.7 Å². The number of nitrogens with zero attached hydrogens (tertiary/aromatic N) is 4. The van der Waals surface area contributed by atoms with Crippen LogP contribution in [0.4, 0.5) is 11.4 Å². The fourth-order valence-corrected chi connectivity index (χ4v) is 4.78. The number of piperidine rings is 1. The van der Waals surface area contributed by atoms with Crippen molar-refractivity contribution < 1.29 is 13.2 Å². The van der Waals surface area contributed by atoms with Crippen LogP contribution in [0.1, 0.15) is 12.8 Å². The van der Waals surface area contributed by atoms with Gasteiger partial charge in [-0.3, -0.25) is 4.79 Å². The van der Waals surface area contributed by atoms with Gasteiger partial charge in [-0.1, -0.05) is 0 Å². The van der Waals surface area contributed by atoms with Crippen molar-refractivity contribution in [2.24, 2.45) is 5.92 Å². The predicted octanol–water partition coefficient (Wildman–Crippen LogP) is 0.895. The van der Waals surface area contributed by atoms with Crippen LogP contribution >= 0.6 is 0 Å². The largest absolute Gasteiger partial charge is 0.369 e. The summed E-state index contributed by atoms with van der Waals surface area (Å²) in [5.41, 5.74) is 1.96. The van der Waals surface area contributed by atoms with Gasteiger partial charge in [0.1, 0.15) is 0 Å². The molecule has 1 aromatic carbocycles. The molecule has 0 spiro atoms. The van der Waals surface area contributed by atoms with Gasteiger partial charge in [0.2, 0.25) is 5.91 Å². The molecule has 9 heteroatoms. The molecule has 1 amide bonds. The Kier molecular flexibility index (Phi) is 6.59. The van der Waals surface area contributed by atoms with Crippen molar-refractivity contribution in [2.45, 2.75) is 12.8 Å². The molecule has 1 aromatic rings. The lowest BCUT2D eigenvalue weighted by molar-refractivity contribution is -0.120. The molecule has 8 nitrogen and oxygen atoms in total. The van der Waals surface area contributed by atoms with Gasteiger partial charge in [0.05, 0.1) is 0 Å². The quantitative estimate of drug-likeness (QED) is 0.782. The number of amides is 1. The zero-order valence-electron chi connectivity index (χ0n) is 17.0. The average Bonchev–Trinajstić information content (AvgIpc) is 2.69. The van der Waals surface area contributed by atoms with E-state index in [2.05, 4.69) is 22.2 Å². The molecule has 1 N–H and O–H groups in total. The van der Waals surface area contributed by atoms with Gasteiger partial charge in [-0.15, -0.1) is 0 Å². The second-order valence-electron chi connectivity index (χ2n) is 7.79. The van der Waals surface area contributed by atoms with E-state index in [9.17, 15) is 13.2 Å². The number of piperazine rings is 1. The van der Waals surface area contributed by atoms with E-state index in [1.54, 1.807) is 0 Å². The van der Waals surface area contributed by atoms with Crippen LogP contribution in [0.5, 0.6) is 0 Å². The Morgan fingerprint density at radius 3 is 2.11 bits per heavy atom. The molecule has 0 bridgehead atoms. The number of hydrogen-bond donors (Lipinski definition) is 1. The molecule has 2 aliphatic rings. The summed E-state index contributed by atoms with van der Waals surface area (Å²) in [7, 11) is 1.79. The summed E-state index contributed by atoms with van der Waals surface area (Å²) in [5, 5.41) is 2.98. The van der Waals surface area contributed by atoms with Crippen molar-refractivity contribution in [3.05, 3.63) is 24.3 Å². The van der Waals surface area contributed by atoms with Crippen molar-refractivity contribution in [3.8, 4) is 0 Å². The first-order valence-electron chi connectivity index (χ1n) is 9.79. The summed E-state index contributed by atoms with van der Waals surface area (Å²) in [6, 6.07) is 7.98. The lowest BCUT2D eigenvalue weighted by atomic mass is 9.97. The molecular formula is C19H31N5O3S. The number of benzene rings is 1. The normalized spacial score (nSPS) is 20.5. The maximum atomic E-state index is 12.6.